The lowest BCUT2D eigenvalue weighted by atomic mass is 10.1. The van der Waals surface area contributed by atoms with Crippen LogP contribution >= 0.6 is 0 Å². The summed E-state index contributed by atoms with van der Waals surface area (Å²) >= 11 is 0. The van der Waals surface area contributed by atoms with E-state index >= 15 is 0 Å². The van der Waals surface area contributed by atoms with Gasteiger partial charge in [0.15, 0.2) is 5.78 Å². The maximum Gasteiger partial charge on any atom is 0.172 e. The number of ketones is 1. The van der Waals surface area contributed by atoms with Crippen molar-refractivity contribution in [1.82, 2.24) is 0 Å². The third-order valence-corrected chi connectivity index (χ3v) is 2.56. The number of rotatable bonds is 1. The smallest absolute Gasteiger partial charge is 0.172 e. The van der Waals surface area contributed by atoms with Crippen molar-refractivity contribution in [2.24, 2.45) is 4.99 Å². The van der Waals surface area contributed by atoms with Crippen molar-refractivity contribution >= 4 is 11.5 Å². The first-order chi connectivity index (χ1) is 7.74. The van der Waals surface area contributed by atoms with Crippen molar-refractivity contribution in [1.29, 1.82) is 0 Å². The average molecular weight is 219 g/mol. The second-order valence-corrected chi connectivity index (χ2v) is 3.54. The molecule has 0 aliphatic carbocycles. The highest BCUT2D eigenvalue weighted by molar-refractivity contribution is 6.12. The summed E-state index contributed by atoms with van der Waals surface area (Å²) in [7, 11) is 3.24. The van der Waals surface area contributed by atoms with E-state index in [9.17, 15) is 4.79 Å². The first-order valence-corrected chi connectivity index (χ1v) is 5.03. The van der Waals surface area contributed by atoms with Crippen LogP contribution in [0.5, 0.6) is 11.5 Å². The van der Waals surface area contributed by atoms with Crippen molar-refractivity contribution in [3.63, 3.8) is 0 Å². The Hall–Kier alpha value is -1.84. The Balaban J connectivity index is 2.41. The van der Waals surface area contributed by atoms with Crippen molar-refractivity contribution in [2.45, 2.75) is 6.42 Å². The number of carbonyl (C=O) groups is 1. The minimum atomic E-state index is 0.0204. The van der Waals surface area contributed by atoms with Gasteiger partial charge in [-0.3, -0.25) is 9.79 Å². The highest BCUT2D eigenvalue weighted by atomic mass is 16.5. The molecule has 1 aromatic rings. The van der Waals surface area contributed by atoms with Crippen LogP contribution in [0.2, 0.25) is 0 Å². The minimum absolute atomic E-state index is 0.0204. The fraction of sp³-hybridized carbons (Fsp3) is 0.333. The number of methoxy groups -OCH3 is 1. The van der Waals surface area contributed by atoms with Crippen LogP contribution in [0.1, 0.15) is 16.8 Å². The van der Waals surface area contributed by atoms with Crippen LogP contribution in [-0.2, 0) is 0 Å². The lowest BCUT2D eigenvalue weighted by Gasteiger charge is -2.07. The standard InChI is InChI=1S/C12H13NO3/c1-13-8-5-11(14)10-6-9(15-2)3-4-12(10)16-7-8/h3-4,6H,5,7H2,1-2H3. The van der Waals surface area contributed by atoms with Gasteiger partial charge in [0.05, 0.1) is 24.8 Å². The Morgan fingerprint density at radius 2 is 2.25 bits per heavy atom. The van der Waals surface area contributed by atoms with Crippen LogP contribution in [0, 0.1) is 0 Å². The summed E-state index contributed by atoms with van der Waals surface area (Å²) in [4.78, 5) is 15.9. The van der Waals surface area contributed by atoms with Gasteiger partial charge in [0.1, 0.15) is 18.1 Å². The largest absolute Gasteiger partial charge is 0.497 e. The fourth-order valence-electron chi connectivity index (χ4n) is 1.62. The van der Waals surface area contributed by atoms with Crippen molar-refractivity contribution in [3.05, 3.63) is 23.8 Å². The van der Waals surface area contributed by atoms with Crippen LogP contribution in [0.15, 0.2) is 23.2 Å². The number of ether oxygens (including phenoxy) is 2. The highest BCUT2D eigenvalue weighted by Gasteiger charge is 2.20. The van der Waals surface area contributed by atoms with E-state index in [0.29, 0.717) is 30.1 Å². The molecule has 4 nitrogen and oxygen atoms in total. The highest BCUT2D eigenvalue weighted by Crippen LogP contribution is 2.27. The first kappa shape index (κ1) is 10.7. The minimum Gasteiger partial charge on any atom is -0.497 e. The van der Waals surface area contributed by atoms with E-state index in [4.69, 9.17) is 9.47 Å². The number of Topliss-reactive ketones (excluding diaryl/α,β-unsaturated/α-hetero) is 1. The van der Waals surface area contributed by atoms with Gasteiger partial charge in [-0.15, -0.1) is 0 Å². The molecular weight excluding hydrogens is 206 g/mol. The molecule has 0 unspecified atom stereocenters. The van der Waals surface area contributed by atoms with Gasteiger partial charge >= 0.3 is 0 Å². The van der Waals surface area contributed by atoms with Gasteiger partial charge in [-0.1, -0.05) is 0 Å². The molecule has 1 heterocycles. The topological polar surface area (TPSA) is 47.9 Å². The Kier molecular flexibility index (Phi) is 2.90. The van der Waals surface area contributed by atoms with E-state index < -0.39 is 0 Å². The molecule has 0 saturated heterocycles. The molecule has 1 aromatic carbocycles. The summed E-state index contributed by atoms with van der Waals surface area (Å²) in [6.07, 6.45) is 0.316. The molecule has 84 valence electrons. The number of nitrogens with zero attached hydrogens (tertiary/aromatic N) is 1. The number of aliphatic imine (C=N–C) groups is 1. The second kappa shape index (κ2) is 4.35. The lowest BCUT2D eigenvalue weighted by molar-refractivity contribution is 0.100. The molecule has 0 spiro atoms. The van der Waals surface area contributed by atoms with Gasteiger partial charge in [0.2, 0.25) is 0 Å². The molecule has 0 saturated carbocycles. The maximum absolute atomic E-state index is 11.9. The van der Waals surface area contributed by atoms with E-state index in [1.807, 2.05) is 0 Å². The summed E-state index contributed by atoms with van der Waals surface area (Å²) in [5, 5.41) is 0. The molecule has 0 atom stereocenters. The zero-order valence-electron chi connectivity index (χ0n) is 9.32. The fourth-order valence-corrected chi connectivity index (χ4v) is 1.62. The van der Waals surface area contributed by atoms with Gasteiger partial charge in [0.25, 0.3) is 0 Å². The number of benzene rings is 1. The summed E-state index contributed by atoms with van der Waals surface area (Å²) in [5.41, 5.74) is 1.33. The van der Waals surface area contributed by atoms with Crippen LogP contribution in [0.3, 0.4) is 0 Å². The predicted octanol–water partition coefficient (Wildman–Crippen LogP) is 1.73. The molecule has 16 heavy (non-hydrogen) atoms. The van der Waals surface area contributed by atoms with Crippen molar-refractivity contribution in [3.8, 4) is 11.5 Å². The second-order valence-electron chi connectivity index (χ2n) is 3.54. The number of hydrogen-bond acceptors (Lipinski definition) is 4. The molecule has 0 radical (unpaired) electrons. The molecule has 4 heteroatoms. The normalized spacial score (nSPS) is 17.6. The molecule has 0 bridgehead atoms. The molecule has 0 fully saturated rings. The van der Waals surface area contributed by atoms with Gasteiger partial charge in [0, 0.05) is 7.05 Å². The number of hydrogen-bond donors (Lipinski definition) is 0. The van der Waals surface area contributed by atoms with E-state index in [2.05, 4.69) is 4.99 Å². The summed E-state index contributed by atoms with van der Waals surface area (Å²) in [6.45, 7) is 0.377. The molecule has 0 N–H and O–H groups in total. The van der Waals surface area contributed by atoms with E-state index in [0.717, 1.165) is 5.71 Å². The van der Waals surface area contributed by atoms with Crippen molar-refractivity contribution in [2.75, 3.05) is 20.8 Å². The number of fused-ring (bicyclic) bond motifs is 1. The Morgan fingerprint density at radius 1 is 1.44 bits per heavy atom. The summed E-state index contributed by atoms with van der Waals surface area (Å²) in [6, 6.07) is 5.24. The molecule has 2 rings (SSSR count). The van der Waals surface area contributed by atoms with Crippen LogP contribution in [0.25, 0.3) is 0 Å². The van der Waals surface area contributed by atoms with Crippen LogP contribution in [-0.4, -0.2) is 32.3 Å². The zero-order valence-corrected chi connectivity index (χ0v) is 9.32. The summed E-state index contributed by atoms with van der Waals surface area (Å²) < 4.78 is 10.6. The number of carbonyl (C=O) groups excluding carboxylic acids is 1. The van der Waals surface area contributed by atoms with E-state index in [-0.39, 0.29) is 5.78 Å². The Labute approximate surface area is 93.9 Å². The zero-order chi connectivity index (χ0) is 11.5. The maximum atomic E-state index is 11.9. The first-order valence-electron chi connectivity index (χ1n) is 5.03. The lowest BCUT2D eigenvalue weighted by Crippen LogP contribution is -2.11. The molecule has 1 aliphatic rings. The third-order valence-electron chi connectivity index (χ3n) is 2.56. The third kappa shape index (κ3) is 1.91. The Bertz CT molecular complexity index is 452. The van der Waals surface area contributed by atoms with Gasteiger partial charge in [-0.25, -0.2) is 0 Å². The molecule has 1 aliphatic heterocycles. The van der Waals surface area contributed by atoms with E-state index in [1.54, 1.807) is 32.4 Å². The Morgan fingerprint density at radius 3 is 2.94 bits per heavy atom. The van der Waals surface area contributed by atoms with Crippen LogP contribution < -0.4 is 9.47 Å². The average Bonchev–Trinajstić information content (AvgIpc) is 2.48. The van der Waals surface area contributed by atoms with Crippen LogP contribution in [0.4, 0.5) is 0 Å². The molecule has 0 aromatic heterocycles. The van der Waals surface area contributed by atoms with Gasteiger partial charge in [-0.05, 0) is 18.2 Å². The molecule has 0 amide bonds. The van der Waals surface area contributed by atoms with Crippen molar-refractivity contribution < 1.29 is 14.3 Å². The summed E-state index contributed by atoms with van der Waals surface area (Å²) in [5.74, 6) is 1.28. The molecular formula is C12H13NO3. The monoisotopic (exact) mass is 219 g/mol. The van der Waals surface area contributed by atoms with E-state index in [1.165, 1.54) is 0 Å². The van der Waals surface area contributed by atoms with Gasteiger partial charge < -0.3 is 9.47 Å². The SMILES string of the molecule is CN=C1COc2ccc(OC)cc2C(=O)C1. The predicted molar refractivity (Wildman–Crippen MR) is 60.8 cm³/mol. The van der Waals surface area contributed by atoms with Gasteiger partial charge in [-0.2, -0.15) is 0 Å². The quantitative estimate of drug-likeness (QED) is 0.722.